The molecule has 1 saturated heterocycles. The topological polar surface area (TPSA) is 15.3 Å². The maximum Gasteiger partial charge on any atom is 0.390 e. The summed E-state index contributed by atoms with van der Waals surface area (Å²) in [4.78, 5) is 2.00. The Morgan fingerprint density at radius 1 is 1.35 bits per heavy atom. The third-order valence-electron chi connectivity index (χ3n) is 3.48. The summed E-state index contributed by atoms with van der Waals surface area (Å²) in [5.41, 5.74) is 0. The molecular weight excluding hydrogens is 229 g/mol. The smallest absolute Gasteiger partial charge is 0.311 e. The Kier molecular flexibility index (Phi) is 5.25. The molecule has 0 aliphatic carbocycles. The lowest BCUT2D eigenvalue weighted by Crippen LogP contribution is -2.58. The Morgan fingerprint density at radius 2 is 2.00 bits per heavy atom. The monoisotopic (exact) mass is 252 g/mol. The van der Waals surface area contributed by atoms with Crippen LogP contribution >= 0.6 is 0 Å². The predicted molar refractivity (Wildman–Crippen MR) is 63.0 cm³/mol. The van der Waals surface area contributed by atoms with Crippen molar-refractivity contribution in [1.82, 2.24) is 10.2 Å². The van der Waals surface area contributed by atoms with Crippen molar-refractivity contribution in [2.75, 3.05) is 19.6 Å². The van der Waals surface area contributed by atoms with Crippen LogP contribution in [0, 0.1) is 5.92 Å². The number of rotatable bonds is 4. The third-order valence-corrected chi connectivity index (χ3v) is 3.48. The third kappa shape index (κ3) is 4.84. The van der Waals surface area contributed by atoms with E-state index in [9.17, 15) is 13.2 Å². The van der Waals surface area contributed by atoms with Crippen LogP contribution in [0.1, 0.15) is 33.6 Å². The van der Waals surface area contributed by atoms with Gasteiger partial charge < -0.3 is 5.32 Å². The molecule has 0 amide bonds. The summed E-state index contributed by atoms with van der Waals surface area (Å²) in [6.45, 7) is 7.86. The van der Waals surface area contributed by atoms with E-state index in [1.165, 1.54) is 0 Å². The van der Waals surface area contributed by atoms with Gasteiger partial charge >= 0.3 is 6.18 Å². The van der Waals surface area contributed by atoms with Gasteiger partial charge in [-0.3, -0.25) is 4.90 Å². The maximum absolute atomic E-state index is 12.3. The van der Waals surface area contributed by atoms with Crippen molar-refractivity contribution in [3.63, 3.8) is 0 Å². The molecule has 1 N–H and O–H groups in total. The first-order chi connectivity index (χ1) is 7.83. The van der Waals surface area contributed by atoms with E-state index in [0.29, 0.717) is 12.0 Å². The Balaban J connectivity index is 2.55. The molecule has 0 aromatic heterocycles. The minimum absolute atomic E-state index is 0.129. The van der Waals surface area contributed by atoms with Gasteiger partial charge in [-0.25, -0.2) is 0 Å². The molecule has 2 nitrogen and oxygen atoms in total. The van der Waals surface area contributed by atoms with Crippen LogP contribution in [0.5, 0.6) is 0 Å². The summed E-state index contributed by atoms with van der Waals surface area (Å²) in [5.74, 6) is 0.383. The van der Waals surface area contributed by atoms with Crippen LogP contribution in [0.2, 0.25) is 0 Å². The molecule has 17 heavy (non-hydrogen) atoms. The molecule has 5 heteroatoms. The van der Waals surface area contributed by atoms with Gasteiger partial charge in [-0.2, -0.15) is 13.2 Å². The van der Waals surface area contributed by atoms with Gasteiger partial charge in [0.1, 0.15) is 0 Å². The average molecular weight is 252 g/mol. The molecule has 1 heterocycles. The molecule has 102 valence electrons. The lowest BCUT2D eigenvalue weighted by molar-refractivity contribution is -0.140. The Labute approximate surface area is 102 Å². The first-order valence-electron chi connectivity index (χ1n) is 6.37. The van der Waals surface area contributed by atoms with Crippen molar-refractivity contribution in [3.05, 3.63) is 0 Å². The predicted octanol–water partition coefficient (Wildman–Crippen LogP) is 2.65. The lowest BCUT2D eigenvalue weighted by Gasteiger charge is -2.42. The molecule has 0 saturated carbocycles. The molecule has 1 aliphatic rings. The van der Waals surface area contributed by atoms with Gasteiger partial charge in [-0.15, -0.1) is 0 Å². The number of alkyl halides is 3. The van der Waals surface area contributed by atoms with E-state index in [1.54, 1.807) is 0 Å². The molecule has 1 rings (SSSR count). The van der Waals surface area contributed by atoms with Gasteiger partial charge in [0.15, 0.2) is 0 Å². The normalized spacial score (nSPS) is 27.7. The highest BCUT2D eigenvalue weighted by molar-refractivity contribution is 4.87. The zero-order chi connectivity index (χ0) is 13.1. The number of piperazine rings is 1. The molecular formula is C12H23F3N2. The zero-order valence-corrected chi connectivity index (χ0v) is 10.8. The first-order valence-corrected chi connectivity index (χ1v) is 6.37. The highest BCUT2D eigenvalue weighted by Crippen LogP contribution is 2.23. The molecule has 1 fully saturated rings. The van der Waals surface area contributed by atoms with Crippen molar-refractivity contribution >= 4 is 0 Å². The van der Waals surface area contributed by atoms with Crippen LogP contribution in [0.15, 0.2) is 0 Å². The Morgan fingerprint density at radius 3 is 2.47 bits per heavy atom. The van der Waals surface area contributed by atoms with Crippen LogP contribution in [0.25, 0.3) is 0 Å². The van der Waals surface area contributed by atoms with Crippen LogP contribution in [0.3, 0.4) is 0 Å². The molecule has 2 atom stereocenters. The van der Waals surface area contributed by atoms with Crippen LogP contribution in [0.4, 0.5) is 13.2 Å². The van der Waals surface area contributed by atoms with Crippen molar-refractivity contribution in [1.29, 1.82) is 0 Å². The molecule has 1 aliphatic heterocycles. The summed E-state index contributed by atoms with van der Waals surface area (Å²) in [7, 11) is 0. The van der Waals surface area contributed by atoms with Crippen molar-refractivity contribution in [2.45, 2.75) is 51.9 Å². The van der Waals surface area contributed by atoms with E-state index in [4.69, 9.17) is 0 Å². The van der Waals surface area contributed by atoms with Crippen LogP contribution in [-0.4, -0.2) is 42.8 Å². The SMILES string of the molecule is CCC1CN(CCC(F)(F)F)C(C(C)C)CN1. The van der Waals surface area contributed by atoms with E-state index in [-0.39, 0.29) is 12.6 Å². The van der Waals surface area contributed by atoms with Gasteiger partial charge in [0, 0.05) is 31.7 Å². The fraction of sp³-hybridized carbons (Fsp3) is 1.00. The number of nitrogens with zero attached hydrogens (tertiary/aromatic N) is 1. The van der Waals surface area contributed by atoms with E-state index in [2.05, 4.69) is 26.1 Å². The fourth-order valence-corrected chi connectivity index (χ4v) is 2.36. The van der Waals surface area contributed by atoms with E-state index >= 15 is 0 Å². The summed E-state index contributed by atoms with van der Waals surface area (Å²) in [5, 5.41) is 3.40. The van der Waals surface area contributed by atoms with E-state index < -0.39 is 12.6 Å². The standard InChI is InChI=1S/C12H23F3N2/c1-4-10-8-17(6-5-12(13,14)15)11(7-16-10)9(2)3/h9-11,16H,4-8H2,1-3H3. The second-order valence-electron chi connectivity index (χ2n) is 5.18. The van der Waals surface area contributed by atoms with Gasteiger partial charge in [0.2, 0.25) is 0 Å². The van der Waals surface area contributed by atoms with E-state index in [1.807, 2.05) is 4.90 Å². The van der Waals surface area contributed by atoms with Crippen LogP contribution < -0.4 is 5.32 Å². The minimum Gasteiger partial charge on any atom is -0.311 e. The molecule has 0 radical (unpaired) electrons. The molecule has 0 aromatic carbocycles. The maximum atomic E-state index is 12.3. The van der Waals surface area contributed by atoms with E-state index in [0.717, 1.165) is 19.5 Å². The highest BCUT2D eigenvalue weighted by Gasteiger charge is 2.33. The van der Waals surface area contributed by atoms with Crippen molar-refractivity contribution in [3.8, 4) is 0 Å². The molecule has 0 spiro atoms. The van der Waals surface area contributed by atoms with Crippen molar-refractivity contribution in [2.24, 2.45) is 5.92 Å². The van der Waals surface area contributed by atoms with Crippen LogP contribution in [-0.2, 0) is 0 Å². The first kappa shape index (κ1) is 14.8. The second-order valence-corrected chi connectivity index (χ2v) is 5.18. The van der Waals surface area contributed by atoms with Gasteiger partial charge in [-0.05, 0) is 12.3 Å². The number of hydrogen-bond donors (Lipinski definition) is 1. The summed E-state index contributed by atoms with van der Waals surface area (Å²) < 4.78 is 36.8. The highest BCUT2D eigenvalue weighted by atomic mass is 19.4. The average Bonchev–Trinajstić information content (AvgIpc) is 2.24. The second kappa shape index (κ2) is 6.05. The van der Waals surface area contributed by atoms with Gasteiger partial charge in [0.25, 0.3) is 0 Å². The quantitative estimate of drug-likeness (QED) is 0.827. The summed E-state index contributed by atoms with van der Waals surface area (Å²) >= 11 is 0. The van der Waals surface area contributed by atoms with Crippen molar-refractivity contribution < 1.29 is 13.2 Å². The zero-order valence-electron chi connectivity index (χ0n) is 10.8. The fourth-order valence-electron chi connectivity index (χ4n) is 2.36. The number of halogens is 3. The van der Waals surface area contributed by atoms with Gasteiger partial charge in [0.05, 0.1) is 6.42 Å². The number of nitrogens with one attached hydrogen (secondary N) is 1. The summed E-state index contributed by atoms with van der Waals surface area (Å²) in [6, 6.07) is 0.554. The molecule has 0 aromatic rings. The minimum atomic E-state index is -4.05. The lowest BCUT2D eigenvalue weighted by atomic mass is 9.97. The Hall–Kier alpha value is -0.290. The van der Waals surface area contributed by atoms with Gasteiger partial charge in [-0.1, -0.05) is 20.8 Å². The molecule has 2 unspecified atom stereocenters. The molecule has 0 bridgehead atoms. The summed E-state index contributed by atoms with van der Waals surface area (Å²) in [6.07, 6.45) is -3.78. The number of hydrogen-bond acceptors (Lipinski definition) is 2. The Bertz CT molecular complexity index is 228. The largest absolute Gasteiger partial charge is 0.390 e.